The average Bonchev–Trinajstić information content (AvgIpc) is 2.87. The van der Waals surface area contributed by atoms with Crippen LogP contribution in [0.4, 0.5) is 4.79 Å². The summed E-state index contributed by atoms with van der Waals surface area (Å²) in [5, 5.41) is 11.4. The van der Waals surface area contributed by atoms with Crippen molar-refractivity contribution < 1.29 is 19.4 Å². The first-order valence-electron chi connectivity index (χ1n) is 5.80. The number of carbonyl (C=O) groups is 2. The lowest BCUT2D eigenvalue weighted by Gasteiger charge is -2.22. The lowest BCUT2D eigenvalue weighted by atomic mass is 10.3. The topological polar surface area (TPSA) is 108 Å². The zero-order chi connectivity index (χ0) is 14.3. The molecule has 1 rings (SSSR count). The van der Waals surface area contributed by atoms with E-state index in [-0.39, 0.29) is 25.7 Å². The van der Waals surface area contributed by atoms with Crippen molar-refractivity contribution in [3.05, 3.63) is 18.2 Å². The number of H-pyrrole nitrogens is 1. The van der Waals surface area contributed by atoms with E-state index in [1.807, 2.05) is 0 Å². The fourth-order valence-corrected chi connectivity index (χ4v) is 1.48. The first kappa shape index (κ1) is 15.0. The summed E-state index contributed by atoms with van der Waals surface area (Å²) >= 11 is 0. The van der Waals surface area contributed by atoms with E-state index < -0.39 is 12.0 Å². The molecule has 1 aromatic rings. The van der Waals surface area contributed by atoms with Crippen molar-refractivity contribution in [2.24, 2.45) is 0 Å². The minimum atomic E-state index is -1.07. The van der Waals surface area contributed by atoms with Crippen LogP contribution in [0.15, 0.2) is 12.4 Å². The van der Waals surface area contributed by atoms with Crippen molar-refractivity contribution in [2.45, 2.75) is 13.0 Å². The summed E-state index contributed by atoms with van der Waals surface area (Å²) in [6.07, 6.45) is 3.23. The molecule has 1 aromatic heterocycles. The molecule has 0 aliphatic rings. The van der Waals surface area contributed by atoms with E-state index in [9.17, 15) is 9.59 Å². The maximum Gasteiger partial charge on any atom is 0.323 e. The van der Waals surface area contributed by atoms with Crippen LogP contribution >= 0.6 is 0 Å². The average molecular weight is 270 g/mol. The molecule has 0 saturated carbocycles. The third-order valence-electron chi connectivity index (χ3n) is 2.45. The number of nitrogens with zero attached hydrogens (tertiary/aromatic N) is 2. The molecule has 0 radical (unpaired) electrons. The number of amides is 2. The number of imidazole rings is 1. The van der Waals surface area contributed by atoms with Gasteiger partial charge in [0, 0.05) is 26.0 Å². The van der Waals surface area contributed by atoms with Gasteiger partial charge in [0.25, 0.3) is 0 Å². The molecule has 0 aromatic carbocycles. The van der Waals surface area contributed by atoms with Crippen molar-refractivity contribution >= 4 is 12.0 Å². The van der Waals surface area contributed by atoms with Crippen molar-refractivity contribution in [3.63, 3.8) is 0 Å². The van der Waals surface area contributed by atoms with Crippen LogP contribution in [0.5, 0.6) is 0 Å². The molecular formula is C11H18N4O4. The molecule has 0 aliphatic heterocycles. The fourth-order valence-electron chi connectivity index (χ4n) is 1.48. The molecule has 0 aliphatic carbocycles. The van der Waals surface area contributed by atoms with Gasteiger partial charge in [0.1, 0.15) is 12.4 Å². The molecule has 8 heteroatoms. The molecule has 0 spiro atoms. The Morgan fingerprint density at radius 3 is 2.89 bits per heavy atom. The number of carbonyl (C=O) groups excluding carboxylic acids is 1. The number of aromatic nitrogens is 2. The van der Waals surface area contributed by atoms with Crippen LogP contribution in [0.25, 0.3) is 0 Å². The van der Waals surface area contributed by atoms with E-state index in [1.165, 1.54) is 12.0 Å². The number of aliphatic carboxylic acids is 1. The second kappa shape index (κ2) is 7.37. The molecule has 106 valence electrons. The number of carboxylic acid groups (broad SMARTS) is 1. The number of hydrogen-bond acceptors (Lipinski definition) is 4. The van der Waals surface area contributed by atoms with Gasteiger partial charge in [-0.3, -0.25) is 4.79 Å². The van der Waals surface area contributed by atoms with E-state index in [1.54, 1.807) is 19.3 Å². The van der Waals surface area contributed by atoms with Crippen LogP contribution in [0.2, 0.25) is 0 Å². The first-order chi connectivity index (χ1) is 9.04. The monoisotopic (exact) mass is 270 g/mol. The van der Waals surface area contributed by atoms with Crippen molar-refractivity contribution in [1.82, 2.24) is 20.2 Å². The van der Waals surface area contributed by atoms with Gasteiger partial charge in [-0.25, -0.2) is 9.78 Å². The van der Waals surface area contributed by atoms with Gasteiger partial charge < -0.3 is 25.0 Å². The zero-order valence-electron chi connectivity index (χ0n) is 10.9. The van der Waals surface area contributed by atoms with Crippen molar-refractivity contribution in [1.29, 1.82) is 0 Å². The van der Waals surface area contributed by atoms with Crippen LogP contribution in [-0.2, 0) is 9.53 Å². The number of hydrogen-bond donors (Lipinski definition) is 3. The molecule has 1 heterocycles. The minimum absolute atomic E-state index is 0.208. The Kier molecular flexibility index (Phi) is 5.80. The summed E-state index contributed by atoms with van der Waals surface area (Å²) in [6, 6.07) is -0.801. The third-order valence-corrected chi connectivity index (χ3v) is 2.45. The quantitative estimate of drug-likeness (QED) is 0.656. The van der Waals surface area contributed by atoms with Crippen LogP contribution in [0, 0.1) is 0 Å². The predicted molar refractivity (Wildman–Crippen MR) is 66.6 cm³/mol. The lowest BCUT2D eigenvalue weighted by Crippen LogP contribution is -2.45. The van der Waals surface area contributed by atoms with Crippen molar-refractivity contribution in [3.8, 4) is 0 Å². The maximum atomic E-state index is 11.9. The molecule has 0 saturated heterocycles. The standard InChI is InChI=1S/C11H18N4O4/c1-8(10-12-3-4-13-10)14-11(18)15(5-6-19-2)7-9(16)17/h3-4,8H,5-7H2,1-2H3,(H,12,13)(H,14,18)(H,16,17). The number of nitrogens with one attached hydrogen (secondary N) is 2. The van der Waals surface area contributed by atoms with Crippen LogP contribution in [0.1, 0.15) is 18.8 Å². The van der Waals surface area contributed by atoms with E-state index in [0.717, 1.165) is 0 Å². The van der Waals surface area contributed by atoms with Crippen LogP contribution in [-0.4, -0.2) is 58.8 Å². The number of aromatic amines is 1. The van der Waals surface area contributed by atoms with Gasteiger partial charge in [-0.1, -0.05) is 0 Å². The van der Waals surface area contributed by atoms with Gasteiger partial charge in [-0.05, 0) is 6.92 Å². The summed E-state index contributed by atoms with van der Waals surface area (Å²) < 4.78 is 4.85. The van der Waals surface area contributed by atoms with Gasteiger partial charge in [-0.2, -0.15) is 0 Å². The van der Waals surface area contributed by atoms with E-state index in [0.29, 0.717) is 5.82 Å². The Morgan fingerprint density at radius 2 is 2.37 bits per heavy atom. The summed E-state index contributed by atoms with van der Waals surface area (Å²) in [7, 11) is 1.49. The Hall–Kier alpha value is -2.09. The highest BCUT2D eigenvalue weighted by Gasteiger charge is 2.19. The second-order valence-corrected chi connectivity index (χ2v) is 3.95. The van der Waals surface area contributed by atoms with E-state index in [2.05, 4.69) is 15.3 Å². The summed E-state index contributed by atoms with van der Waals surface area (Å²) in [5.74, 6) is -0.465. The predicted octanol–water partition coefficient (Wildman–Crippen LogP) is 0.213. The molecular weight excluding hydrogens is 252 g/mol. The smallest absolute Gasteiger partial charge is 0.323 e. The Morgan fingerprint density at radius 1 is 1.63 bits per heavy atom. The Bertz CT molecular complexity index is 407. The molecule has 19 heavy (non-hydrogen) atoms. The highest BCUT2D eigenvalue weighted by molar-refractivity contribution is 5.80. The molecule has 8 nitrogen and oxygen atoms in total. The number of carboxylic acids is 1. The SMILES string of the molecule is COCCN(CC(=O)O)C(=O)NC(C)c1ncc[nH]1. The lowest BCUT2D eigenvalue weighted by molar-refractivity contribution is -0.137. The summed E-state index contributed by atoms with van der Waals surface area (Å²) in [6.45, 7) is 1.86. The summed E-state index contributed by atoms with van der Waals surface area (Å²) in [5.41, 5.74) is 0. The number of urea groups is 1. The van der Waals surface area contributed by atoms with Crippen LogP contribution in [0.3, 0.4) is 0 Å². The normalized spacial score (nSPS) is 11.9. The highest BCUT2D eigenvalue weighted by Crippen LogP contribution is 2.06. The fraction of sp³-hybridized carbons (Fsp3) is 0.545. The second-order valence-electron chi connectivity index (χ2n) is 3.95. The van der Waals surface area contributed by atoms with E-state index >= 15 is 0 Å². The molecule has 2 amide bonds. The Labute approximate surface area is 110 Å². The maximum absolute atomic E-state index is 11.9. The third kappa shape index (κ3) is 4.96. The molecule has 3 N–H and O–H groups in total. The van der Waals surface area contributed by atoms with Gasteiger partial charge in [0.2, 0.25) is 0 Å². The minimum Gasteiger partial charge on any atom is -0.480 e. The zero-order valence-corrected chi connectivity index (χ0v) is 10.9. The van der Waals surface area contributed by atoms with Gasteiger partial charge in [-0.15, -0.1) is 0 Å². The van der Waals surface area contributed by atoms with E-state index in [4.69, 9.17) is 9.84 Å². The van der Waals surface area contributed by atoms with Crippen molar-refractivity contribution in [2.75, 3.05) is 26.8 Å². The Balaban J connectivity index is 2.57. The van der Waals surface area contributed by atoms with Gasteiger partial charge in [0.15, 0.2) is 0 Å². The molecule has 1 unspecified atom stereocenters. The first-order valence-corrected chi connectivity index (χ1v) is 5.80. The van der Waals surface area contributed by atoms with Gasteiger partial charge >= 0.3 is 12.0 Å². The molecule has 0 fully saturated rings. The molecule has 0 bridgehead atoms. The number of methoxy groups -OCH3 is 1. The number of rotatable bonds is 7. The number of ether oxygens (including phenoxy) is 1. The largest absolute Gasteiger partial charge is 0.480 e. The summed E-state index contributed by atoms with van der Waals surface area (Å²) in [4.78, 5) is 30.7. The molecule has 1 atom stereocenters. The highest BCUT2D eigenvalue weighted by atomic mass is 16.5. The van der Waals surface area contributed by atoms with Crippen LogP contribution < -0.4 is 5.32 Å². The van der Waals surface area contributed by atoms with Gasteiger partial charge in [0.05, 0.1) is 12.6 Å².